The molecule has 6 aromatic rings. The predicted molar refractivity (Wildman–Crippen MR) is 135 cm³/mol. The van der Waals surface area contributed by atoms with E-state index in [9.17, 15) is 10.4 Å². The zero-order valence-corrected chi connectivity index (χ0v) is 19.3. The molecule has 0 saturated heterocycles. The summed E-state index contributed by atoms with van der Waals surface area (Å²) >= 11 is 1.06. The quantitative estimate of drug-likeness (QED) is 0.193. The molecule has 0 bridgehead atoms. The van der Waals surface area contributed by atoms with E-state index in [1.165, 1.54) is 10.9 Å². The zero-order valence-electron chi connectivity index (χ0n) is 18.5. The molecule has 5 N–H and O–H groups in total. The van der Waals surface area contributed by atoms with Crippen LogP contribution >= 0.6 is 11.3 Å². The molecule has 0 aliphatic heterocycles. The van der Waals surface area contributed by atoms with Crippen LogP contribution in [0.15, 0.2) is 76.5 Å². The van der Waals surface area contributed by atoms with Gasteiger partial charge >= 0.3 is 5.88 Å². The van der Waals surface area contributed by atoms with Crippen molar-refractivity contribution < 1.29 is 14.3 Å². The van der Waals surface area contributed by atoms with Gasteiger partial charge in [0.05, 0.1) is 10.6 Å². The minimum absolute atomic E-state index is 0.0169. The summed E-state index contributed by atoms with van der Waals surface area (Å²) in [5.41, 5.74) is 15.9. The molecule has 0 amide bonds. The summed E-state index contributed by atoms with van der Waals surface area (Å²) in [4.78, 5) is 12.2. The van der Waals surface area contributed by atoms with E-state index in [0.717, 1.165) is 33.5 Å². The van der Waals surface area contributed by atoms with Gasteiger partial charge in [0.15, 0.2) is 0 Å². The highest BCUT2D eigenvalue weighted by Crippen LogP contribution is 2.44. The van der Waals surface area contributed by atoms with E-state index in [2.05, 4.69) is 26.3 Å². The van der Waals surface area contributed by atoms with Gasteiger partial charge in [0.25, 0.3) is 6.20 Å². The summed E-state index contributed by atoms with van der Waals surface area (Å²) in [7, 11) is 0. The second kappa shape index (κ2) is 8.23. The van der Waals surface area contributed by atoms with Crippen LogP contribution in [0.4, 0.5) is 17.4 Å². The maximum absolute atomic E-state index is 13.1. The highest BCUT2D eigenvalue weighted by atomic mass is 32.1. The average Bonchev–Trinajstić information content (AvgIpc) is 3.63. The van der Waals surface area contributed by atoms with Crippen molar-refractivity contribution >= 4 is 55.7 Å². The van der Waals surface area contributed by atoms with E-state index in [0.29, 0.717) is 15.8 Å². The fraction of sp³-hybridized carbons (Fsp3) is 0. The summed E-state index contributed by atoms with van der Waals surface area (Å²) in [6.45, 7) is 0. The summed E-state index contributed by atoms with van der Waals surface area (Å²) in [5, 5.41) is 28.3. The smallest absolute Gasteiger partial charge is 0.321 e. The maximum atomic E-state index is 13.1. The number of rotatable bonds is 4. The van der Waals surface area contributed by atoms with Gasteiger partial charge in [0.1, 0.15) is 22.3 Å². The van der Waals surface area contributed by atoms with Crippen LogP contribution in [0.1, 0.15) is 10.4 Å². The number of benzene rings is 2. The van der Waals surface area contributed by atoms with Crippen molar-refractivity contribution in [2.45, 2.75) is 0 Å². The van der Waals surface area contributed by atoms with Gasteiger partial charge in [-0.3, -0.25) is 4.52 Å². The minimum Gasteiger partial charge on any atom is -0.857 e. The summed E-state index contributed by atoms with van der Waals surface area (Å²) < 4.78 is 6.69. The first-order valence-electron chi connectivity index (χ1n) is 10.7. The Morgan fingerprint density at radius 1 is 1.14 bits per heavy atom. The number of aromatic nitrogens is 4. The van der Waals surface area contributed by atoms with E-state index in [4.69, 9.17) is 16.0 Å². The number of nitrogens with one attached hydrogen (secondary N) is 1. The first-order chi connectivity index (χ1) is 17.5. The van der Waals surface area contributed by atoms with Gasteiger partial charge in [0, 0.05) is 46.1 Å². The SMILES string of the molecule is N#Cc1c(N)nc2sc(/C([O-])=N/c3c[n+](-c4ccccc4)no3)c(N)c2c1-c1cccc2[nH]ccc12. The van der Waals surface area contributed by atoms with Crippen LogP contribution in [0.2, 0.25) is 0 Å². The van der Waals surface area contributed by atoms with Gasteiger partial charge < -0.3 is 21.6 Å². The number of nitrogens with zero attached hydrogens (tertiary/aromatic N) is 5. The molecule has 0 aliphatic rings. The largest absolute Gasteiger partial charge is 0.857 e. The van der Waals surface area contributed by atoms with Crippen LogP contribution in [0, 0.1) is 11.3 Å². The Kier molecular flexibility index (Phi) is 4.87. The molecular formula is C25H16N8O2S. The van der Waals surface area contributed by atoms with Crippen LogP contribution in [0.3, 0.4) is 0 Å². The van der Waals surface area contributed by atoms with Crippen molar-refractivity contribution in [3.63, 3.8) is 0 Å². The molecule has 10 nitrogen and oxygen atoms in total. The van der Waals surface area contributed by atoms with Gasteiger partial charge in [0.2, 0.25) is 11.0 Å². The number of aromatic amines is 1. The Morgan fingerprint density at radius 2 is 1.97 bits per heavy atom. The van der Waals surface area contributed by atoms with E-state index >= 15 is 0 Å². The van der Waals surface area contributed by atoms with Gasteiger partial charge in [-0.2, -0.15) is 5.26 Å². The molecule has 0 fully saturated rings. The molecule has 0 radical (unpaired) electrons. The molecule has 6 rings (SSSR count). The van der Waals surface area contributed by atoms with Crippen LogP contribution in [-0.2, 0) is 0 Å². The van der Waals surface area contributed by atoms with Crippen LogP contribution in [0.25, 0.3) is 37.9 Å². The molecule has 2 aromatic carbocycles. The number of fused-ring (bicyclic) bond motifs is 2. The van der Waals surface area contributed by atoms with E-state index in [1.54, 1.807) is 0 Å². The molecule has 0 saturated carbocycles. The van der Waals surface area contributed by atoms with Crippen LogP contribution in [0.5, 0.6) is 0 Å². The van der Waals surface area contributed by atoms with Gasteiger partial charge in [-0.05, 0) is 22.4 Å². The normalized spacial score (nSPS) is 11.8. The number of aliphatic imine (C=N–C) groups is 1. The highest BCUT2D eigenvalue weighted by Gasteiger charge is 2.23. The third-order valence-electron chi connectivity index (χ3n) is 5.76. The maximum Gasteiger partial charge on any atom is 0.321 e. The molecule has 174 valence electrons. The van der Waals surface area contributed by atoms with E-state index < -0.39 is 5.90 Å². The number of nitrogens with two attached hydrogens (primary N) is 2. The van der Waals surface area contributed by atoms with Crippen molar-refractivity contribution in [1.82, 2.24) is 15.2 Å². The molecule has 4 aromatic heterocycles. The fourth-order valence-corrected chi connectivity index (χ4v) is 5.15. The van der Waals surface area contributed by atoms with Gasteiger partial charge in [-0.25, -0.2) is 9.98 Å². The van der Waals surface area contributed by atoms with E-state index in [1.807, 2.05) is 60.8 Å². The average molecular weight is 493 g/mol. The molecule has 36 heavy (non-hydrogen) atoms. The number of nitriles is 1. The van der Waals surface area contributed by atoms with Gasteiger partial charge in [-0.1, -0.05) is 30.3 Å². The lowest BCUT2D eigenvalue weighted by Crippen LogP contribution is -2.30. The van der Waals surface area contributed by atoms with E-state index in [-0.39, 0.29) is 27.8 Å². The Hall–Kier alpha value is -5.21. The lowest BCUT2D eigenvalue weighted by atomic mass is 9.94. The standard InChI is InChI=1S/C25H16N8O2S/c26-11-16-19(15-7-4-8-17-14(15)9-10-29-17)20-21(27)22(36-25(20)31-23(16)28)24(34)30-18-12-33(32-35-18)13-5-2-1-3-6-13/h1-10,12H,(H5-,27,28,29,30,31,32,34). The van der Waals surface area contributed by atoms with Crippen LogP contribution in [-0.4, -0.2) is 21.1 Å². The minimum atomic E-state index is -0.616. The molecule has 0 atom stereocenters. The van der Waals surface area contributed by atoms with Crippen LogP contribution < -0.4 is 21.3 Å². The second-order valence-corrected chi connectivity index (χ2v) is 8.86. The predicted octanol–water partition coefficient (Wildman–Crippen LogP) is 3.18. The number of hydrogen-bond donors (Lipinski definition) is 3. The van der Waals surface area contributed by atoms with Gasteiger partial charge in [-0.15, -0.1) is 11.3 Å². The lowest BCUT2D eigenvalue weighted by molar-refractivity contribution is -0.670. The molecule has 0 aliphatic carbocycles. The summed E-state index contributed by atoms with van der Waals surface area (Å²) in [6, 6.07) is 19.0. The molecule has 11 heteroatoms. The summed E-state index contributed by atoms with van der Waals surface area (Å²) in [6.07, 6.45) is 3.31. The van der Waals surface area contributed by atoms with Crippen molar-refractivity contribution in [3.05, 3.63) is 77.4 Å². The highest BCUT2D eigenvalue weighted by molar-refractivity contribution is 7.21. The Morgan fingerprint density at radius 3 is 2.78 bits per heavy atom. The fourth-order valence-electron chi connectivity index (χ4n) is 4.15. The van der Waals surface area contributed by atoms with Crippen molar-refractivity contribution in [2.24, 2.45) is 4.99 Å². The lowest BCUT2D eigenvalue weighted by Gasteiger charge is -2.11. The van der Waals surface area contributed by atoms with Crippen molar-refractivity contribution in [1.29, 1.82) is 5.26 Å². The Balaban J connectivity index is 1.52. The zero-order chi connectivity index (χ0) is 24.8. The molecule has 0 spiro atoms. The first kappa shape index (κ1) is 21.3. The first-order valence-corrected chi connectivity index (χ1v) is 11.5. The van der Waals surface area contributed by atoms with Crippen molar-refractivity contribution in [3.8, 4) is 22.9 Å². The summed E-state index contributed by atoms with van der Waals surface area (Å²) in [5.74, 6) is -0.540. The number of thiophene rings is 1. The number of nitrogen functional groups attached to an aromatic ring is 2. The Bertz CT molecular complexity index is 1840. The third-order valence-corrected chi connectivity index (χ3v) is 6.85. The third kappa shape index (κ3) is 3.32. The molecular weight excluding hydrogens is 476 g/mol. The van der Waals surface area contributed by atoms with Crippen molar-refractivity contribution in [2.75, 3.05) is 11.5 Å². The number of pyridine rings is 1. The molecule has 0 unspecified atom stereocenters. The Labute approximate surface area is 207 Å². The number of para-hydroxylation sites is 1. The topological polar surface area (TPSA) is 170 Å². The molecule has 4 heterocycles. The number of anilines is 2. The monoisotopic (exact) mass is 492 g/mol. The number of H-pyrrole nitrogens is 1. The second-order valence-electron chi connectivity index (χ2n) is 7.87. The number of hydrogen-bond acceptors (Lipinski definition) is 9.